The topological polar surface area (TPSA) is 78.9 Å². The van der Waals surface area contributed by atoms with Crippen LogP contribution in [0.15, 0.2) is 109 Å². The Morgan fingerprint density at radius 1 is 0.284 bits per heavy atom. The van der Waals surface area contributed by atoms with E-state index in [1.165, 1.54) is 103 Å². The van der Waals surface area contributed by atoms with Gasteiger partial charge in [-0.25, -0.2) is 0 Å². The number of allylic oxidation sites excluding steroid dienone is 18. The second-order valence-electron chi connectivity index (χ2n) is 20.2. The van der Waals surface area contributed by atoms with Crippen molar-refractivity contribution >= 4 is 17.9 Å². The molecule has 0 aliphatic carbocycles. The molecule has 0 radical (unpaired) electrons. The molecule has 0 aliphatic heterocycles. The summed E-state index contributed by atoms with van der Waals surface area (Å²) in [5.74, 6) is -0.906. The Morgan fingerprint density at radius 2 is 0.527 bits per heavy atom. The average Bonchev–Trinajstić information content (AvgIpc) is 3.40. The lowest BCUT2D eigenvalue weighted by Gasteiger charge is -2.18. The largest absolute Gasteiger partial charge is 0.462 e. The van der Waals surface area contributed by atoms with E-state index in [2.05, 4.69) is 130 Å². The number of rotatable bonds is 55. The first-order valence-corrected chi connectivity index (χ1v) is 30.9. The Kier molecular flexibility index (Phi) is 58.3. The van der Waals surface area contributed by atoms with Crippen LogP contribution in [0.1, 0.15) is 284 Å². The molecule has 6 nitrogen and oxygen atoms in total. The number of carbonyl (C=O) groups is 3. The summed E-state index contributed by atoms with van der Waals surface area (Å²) in [6, 6.07) is 0. The van der Waals surface area contributed by atoms with Crippen LogP contribution < -0.4 is 0 Å². The van der Waals surface area contributed by atoms with Crippen LogP contribution in [0.4, 0.5) is 0 Å². The first-order valence-electron chi connectivity index (χ1n) is 30.9. The van der Waals surface area contributed by atoms with Gasteiger partial charge in [-0.2, -0.15) is 0 Å². The van der Waals surface area contributed by atoms with Crippen molar-refractivity contribution in [2.75, 3.05) is 13.2 Å². The Hall–Kier alpha value is -3.93. The molecule has 1 unspecified atom stereocenters. The van der Waals surface area contributed by atoms with Gasteiger partial charge in [-0.15, -0.1) is 0 Å². The van der Waals surface area contributed by atoms with Crippen molar-refractivity contribution < 1.29 is 28.6 Å². The molecule has 0 aromatic rings. The third kappa shape index (κ3) is 59.0. The standard InChI is InChI=1S/C68H114O6/c1-4-7-10-13-16-19-22-25-28-29-30-31-32-33-34-35-36-37-38-39-41-43-46-49-52-55-58-61-67(70)73-64-65(63-72-66(69)60-57-54-51-48-45-42-27-24-21-18-15-12-9-6-3)74-68(71)62-59-56-53-50-47-44-40-26-23-20-17-14-11-8-5-2/h7-8,10-11,16-17,19-20,25-26,28,30-31,33-34,36-37,40,65H,4-6,9,12-15,18,21-24,27,29,32,35,38-39,41-64H2,1-3H3/b10-7-,11-8-,19-16-,20-17-,28-25-,31-30-,34-33-,37-36-,40-26-. The predicted octanol–water partition coefficient (Wildman–Crippen LogP) is 21.0. The summed E-state index contributed by atoms with van der Waals surface area (Å²) in [6.07, 6.45) is 83.7. The summed E-state index contributed by atoms with van der Waals surface area (Å²) < 4.78 is 16.9. The number of ether oxygens (including phenoxy) is 3. The first-order chi connectivity index (χ1) is 36.5. The van der Waals surface area contributed by atoms with Gasteiger partial charge in [-0.05, 0) is 103 Å². The van der Waals surface area contributed by atoms with E-state index in [9.17, 15) is 14.4 Å². The van der Waals surface area contributed by atoms with Crippen molar-refractivity contribution in [3.05, 3.63) is 109 Å². The van der Waals surface area contributed by atoms with Gasteiger partial charge in [0.1, 0.15) is 13.2 Å². The second-order valence-corrected chi connectivity index (χ2v) is 20.2. The summed E-state index contributed by atoms with van der Waals surface area (Å²) in [5, 5.41) is 0. The van der Waals surface area contributed by atoms with Gasteiger partial charge in [0.15, 0.2) is 6.10 Å². The highest BCUT2D eigenvalue weighted by Crippen LogP contribution is 2.16. The van der Waals surface area contributed by atoms with Crippen molar-refractivity contribution in [3.8, 4) is 0 Å². The smallest absolute Gasteiger partial charge is 0.306 e. The molecule has 422 valence electrons. The summed E-state index contributed by atoms with van der Waals surface area (Å²) in [5.41, 5.74) is 0. The van der Waals surface area contributed by atoms with Gasteiger partial charge in [-0.3, -0.25) is 14.4 Å². The van der Waals surface area contributed by atoms with Crippen molar-refractivity contribution in [1.82, 2.24) is 0 Å². The van der Waals surface area contributed by atoms with E-state index in [0.29, 0.717) is 19.3 Å². The molecule has 6 heteroatoms. The molecule has 0 heterocycles. The predicted molar refractivity (Wildman–Crippen MR) is 320 cm³/mol. The Labute approximate surface area is 457 Å². The Balaban J connectivity index is 4.34. The molecule has 0 aromatic carbocycles. The van der Waals surface area contributed by atoms with E-state index >= 15 is 0 Å². The van der Waals surface area contributed by atoms with Crippen molar-refractivity contribution in [3.63, 3.8) is 0 Å². The van der Waals surface area contributed by atoms with Gasteiger partial charge in [0.05, 0.1) is 0 Å². The maximum absolute atomic E-state index is 12.9. The van der Waals surface area contributed by atoms with Crippen LogP contribution in [0.2, 0.25) is 0 Å². The number of carbonyl (C=O) groups excluding carboxylic acids is 3. The molecule has 0 aromatic heterocycles. The molecule has 0 fully saturated rings. The molecule has 0 N–H and O–H groups in total. The van der Waals surface area contributed by atoms with Crippen LogP contribution >= 0.6 is 0 Å². The fourth-order valence-electron chi connectivity index (χ4n) is 8.46. The molecular weight excluding hydrogens is 913 g/mol. The third-order valence-electron chi connectivity index (χ3n) is 13.0. The monoisotopic (exact) mass is 1030 g/mol. The van der Waals surface area contributed by atoms with Crippen LogP contribution in [-0.2, 0) is 28.6 Å². The number of hydrogen-bond acceptors (Lipinski definition) is 6. The SMILES string of the molecule is CC/C=C\C/C=C\C/C=C\C/C=C\C/C=C\C/C=C\CCCCCCCCCCC(=O)OCC(COC(=O)CCCCCCCCCCCCCCCC)OC(=O)CCCCCCC/C=C\C/C=C\C/C=C\CC. The summed E-state index contributed by atoms with van der Waals surface area (Å²) in [6.45, 7) is 6.41. The van der Waals surface area contributed by atoms with Gasteiger partial charge in [0, 0.05) is 19.3 Å². The van der Waals surface area contributed by atoms with Crippen LogP contribution in [0.25, 0.3) is 0 Å². The fourth-order valence-corrected chi connectivity index (χ4v) is 8.46. The zero-order chi connectivity index (χ0) is 53.6. The lowest BCUT2D eigenvalue weighted by atomic mass is 10.0. The van der Waals surface area contributed by atoms with E-state index in [1.807, 2.05) is 0 Å². The van der Waals surface area contributed by atoms with Crippen LogP contribution in [0, 0.1) is 0 Å². The van der Waals surface area contributed by atoms with E-state index in [4.69, 9.17) is 14.2 Å². The van der Waals surface area contributed by atoms with E-state index in [-0.39, 0.29) is 31.1 Å². The molecule has 0 amide bonds. The summed E-state index contributed by atoms with van der Waals surface area (Å²) in [7, 11) is 0. The normalized spacial score (nSPS) is 12.9. The van der Waals surface area contributed by atoms with E-state index in [1.54, 1.807) is 0 Å². The molecule has 0 spiro atoms. The molecule has 0 saturated heterocycles. The van der Waals surface area contributed by atoms with Gasteiger partial charge in [-0.1, -0.05) is 271 Å². The lowest BCUT2D eigenvalue weighted by molar-refractivity contribution is -0.167. The van der Waals surface area contributed by atoms with E-state index < -0.39 is 6.10 Å². The fraction of sp³-hybridized carbons (Fsp3) is 0.691. The van der Waals surface area contributed by atoms with Crippen molar-refractivity contribution in [2.24, 2.45) is 0 Å². The maximum Gasteiger partial charge on any atom is 0.306 e. The lowest BCUT2D eigenvalue weighted by Crippen LogP contribution is -2.30. The summed E-state index contributed by atoms with van der Waals surface area (Å²) in [4.78, 5) is 38.2. The molecule has 1 atom stereocenters. The van der Waals surface area contributed by atoms with E-state index in [0.717, 1.165) is 141 Å². The minimum absolute atomic E-state index is 0.0862. The molecule has 0 rings (SSSR count). The highest BCUT2D eigenvalue weighted by atomic mass is 16.6. The minimum atomic E-state index is -0.791. The average molecular weight is 1030 g/mol. The first kappa shape index (κ1) is 70.1. The highest BCUT2D eigenvalue weighted by molar-refractivity contribution is 5.71. The molecular formula is C68H114O6. The zero-order valence-corrected chi connectivity index (χ0v) is 48.3. The third-order valence-corrected chi connectivity index (χ3v) is 13.0. The molecule has 0 bridgehead atoms. The minimum Gasteiger partial charge on any atom is -0.462 e. The molecule has 0 aliphatic rings. The summed E-state index contributed by atoms with van der Waals surface area (Å²) >= 11 is 0. The van der Waals surface area contributed by atoms with Gasteiger partial charge in [0.2, 0.25) is 0 Å². The zero-order valence-electron chi connectivity index (χ0n) is 48.3. The second kappa shape index (κ2) is 61.6. The Bertz CT molecular complexity index is 1510. The van der Waals surface area contributed by atoms with Crippen LogP contribution in [-0.4, -0.2) is 37.2 Å². The van der Waals surface area contributed by atoms with Crippen LogP contribution in [0.3, 0.4) is 0 Å². The van der Waals surface area contributed by atoms with Crippen molar-refractivity contribution in [2.45, 2.75) is 290 Å². The van der Waals surface area contributed by atoms with Gasteiger partial charge >= 0.3 is 17.9 Å². The number of hydrogen-bond donors (Lipinski definition) is 0. The van der Waals surface area contributed by atoms with Gasteiger partial charge < -0.3 is 14.2 Å². The molecule has 74 heavy (non-hydrogen) atoms. The molecule has 0 saturated carbocycles. The quantitative estimate of drug-likeness (QED) is 0.0261. The maximum atomic E-state index is 12.9. The van der Waals surface area contributed by atoms with Crippen molar-refractivity contribution in [1.29, 1.82) is 0 Å². The number of esters is 3. The Morgan fingerprint density at radius 3 is 0.824 bits per heavy atom. The number of unbranched alkanes of at least 4 members (excludes halogenated alkanes) is 26. The van der Waals surface area contributed by atoms with Gasteiger partial charge in [0.25, 0.3) is 0 Å². The highest BCUT2D eigenvalue weighted by Gasteiger charge is 2.19. The van der Waals surface area contributed by atoms with Crippen LogP contribution in [0.5, 0.6) is 0 Å².